The first-order chi connectivity index (χ1) is 15.5. The summed E-state index contributed by atoms with van der Waals surface area (Å²) in [5.41, 5.74) is 1.95. The summed E-state index contributed by atoms with van der Waals surface area (Å²) in [5, 5.41) is 5.28. The van der Waals surface area contributed by atoms with Crippen LogP contribution in [0.25, 0.3) is 0 Å². The Morgan fingerprint density at radius 3 is 2.38 bits per heavy atom. The summed E-state index contributed by atoms with van der Waals surface area (Å²) in [6.07, 6.45) is 0. The minimum absolute atomic E-state index is 0.141. The van der Waals surface area contributed by atoms with Crippen LogP contribution in [0.1, 0.15) is 18.5 Å². The number of carbonyl (C=O) groups is 2. The van der Waals surface area contributed by atoms with Gasteiger partial charge in [-0.2, -0.15) is 0 Å². The van der Waals surface area contributed by atoms with Crippen molar-refractivity contribution in [2.75, 3.05) is 51.0 Å². The lowest BCUT2D eigenvalue weighted by molar-refractivity contribution is -0.139. The molecular formula is C23H27FN4O4. The van der Waals surface area contributed by atoms with E-state index in [-0.39, 0.29) is 25.2 Å². The number of benzene rings is 2. The molecule has 2 aromatic carbocycles. The summed E-state index contributed by atoms with van der Waals surface area (Å²) in [7, 11) is 0. The minimum Gasteiger partial charge on any atom is -0.454 e. The lowest BCUT2D eigenvalue weighted by Crippen LogP contribution is -2.50. The molecule has 1 saturated heterocycles. The Morgan fingerprint density at radius 2 is 1.66 bits per heavy atom. The van der Waals surface area contributed by atoms with Crippen LogP contribution < -0.4 is 25.0 Å². The number of amides is 2. The van der Waals surface area contributed by atoms with Crippen molar-refractivity contribution in [3.63, 3.8) is 0 Å². The van der Waals surface area contributed by atoms with Gasteiger partial charge < -0.3 is 25.0 Å². The molecule has 0 aromatic heterocycles. The van der Waals surface area contributed by atoms with Crippen LogP contribution in [-0.2, 0) is 9.59 Å². The summed E-state index contributed by atoms with van der Waals surface area (Å²) in [5.74, 6) is -0.175. The maximum absolute atomic E-state index is 13.3. The van der Waals surface area contributed by atoms with Crippen molar-refractivity contribution >= 4 is 17.5 Å². The Bertz CT molecular complexity index is 961. The van der Waals surface area contributed by atoms with Crippen molar-refractivity contribution < 1.29 is 23.5 Å². The van der Waals surface area contributed by atoms with Gasteiger partial charge in [0.25, 0.3) is 0 Å². The Kier molecular flexibility index (Phi) is 6.75. The molecule has 9 heteroatoms. The standard InChI is InChI=1S/C23H27FN4O4/c1-2-25-22(29)23(30)26-14-19(16-3-8-20-21(13-16)32-15-31-20)28-11-9-27(10-12-28)18-6-4-17(24)5-7-18/h3-8,13,19H,2,9-12,14-15H2,1H3,(H,25,29)(H,26,30)/t19-/m0/s1. The Balaban J connectivity index is 1.47. The quantitative estimate of drug-likeness (QED) is 0.663. The van der Waals surface area contributed by atoms with E-state index in [0.29, 0.717) is 18.0 Å². The van der Waals surface area contributed by atoms with Crippen LogP contribution in [0.2, 0.25) is 0 Å². The molecule has 2 amide bonds. The summed E-state index contributed by atoms with van der Waals surface area (Å²) in [6.45, 7) is 5.64. The first-order valence-corrected chi connectivity index (χ1v) is 10.8. The summed E-state index contributed by atoms with van der Waals surface area (Å²) >= 11 is 0. The molecule has 2 aliphatic rings. The molecule has 32 heavy (non-hydrogen) atoms. The van der Waals surface area contributed by atoms with Crippen LogP contribution in [0.3, 0.4) is 0 Å². The number of halogens is 1. The van der Waals surface area contributed by atoms with Crippen molar-refractivity contribution in [3.8, 4) is 11.5 Å². The average Bonchev–Trinajstić information content (AvgIpc) is 3.28. The molecule has 0 unspecified atom stereocenters. The molecule has 1 fully saturated rings. The molecule has 2 aromatic rings. The highest BCUT2D eigenvalue weighted by atomic mass is 19.1. The van der Waals surface area contributed by atoms with Crippen LogP contribution in [-0.4, -0.2) is 62.8 Å². The smallest absolute Gasteiger partial charge is 0.309 e. The van der Waals surface area contributed by atoms with Gasteiger partial charge in [0.15, 0.2) is 11.5 Å². The number of hydrogen-bond donors (Lipinski definition) is 2. The number of likely N-dealkylation sites (N-methyl/N-ethyl adjacent to an activating group) is 1. The summed E-state index contributed by atoms with van der Waals surface area (Å²) in [4.78, 5) is 28.5. The Morgan fingerprint density at radius 1 is 0.969 bits per heavy atom. The Hall–Kier alpha value is -3.33. The highest BCUT2D eigenvalue weighted by Crippen LogP contribution is 2.35. The third-order valence-electron chi connectivity index (χ3n) is 5.73. The third-order valence-corrected chi connectivity index (χ3v) is 5.73. The van der Waals surface area contributed by atoms with Crippen LogP contribution in [0, 0.1) is 5.82 Å². The van der Waals surface area contributed by atoms with Gasteiger partial charge in [0, 0.05) is 45.0 Å². The SMILES string of the molecule is CCNC(=O)C(=O)NC[C@@H](c1ccc2c(c1)OCO2)N1CCN(c2ccc(F)cc2)CC1. The minimum atomic E-state index is -0.650. The van der Waals surface area contributed by atoms with Gasteiger partial charge in [-0.15, -0.1) is 0 Å². The van der Waals surface area contributed by atoms with Crippen molar-refractivity contribution in [1.82, 2.24) is 15.5 Å². The van der Waals surface area contributed by atoms with Crippen LogP contribution in [0.15, 0.2) is 42.5 Å². The van der Waals surface area contributed by atoms with E-state index in [4.69, 9.17) is 9.47 Å². The fourth-order valence-electron chi connectivity index (χ4n) is 4.03. The predicted octanol–water partition coefficient (Wildman–Crippen LogP) is 1.67. The molecular weight excluding hydrogens is 415 g/mol. The van der Waals surface area contributed by atoms with E-state index in [1.165, 1.54) is 12.1 Å². The van der Waals surface area contributed by atoms with Crippen molar-refractivity contribution in [2.45, 2.75) is 13.0 Å². The molecule has 2 heterocycles. The fourth-order valence-corrected chi connectivity index (χ4v) is 4.03. The fraction of sp³-hybridized carbons (Fsp3) is 0.391. The zero-order valence-corrected chi connectivity index (χ0v) is 18.0. The maximum atomic E-state index is 13.3. The van der Waals surface area contributed by atoms with Gasteiger partial charge in [-0.3, -0.25) is 14.5 Å². The van der Waals surface area contributed by atoms with Crippen molar-refractivity contribution in [1.29, 1.82) is 0 Å². The summed E-state index contributed by atoms with van der Waals surface area (Å²) in [6, 6.07) is 12.1. The molecule has 4 rings (SSSR count). The molecule has 0 radical (unpaired) electrons. The van der Waals surface area contributed by atoms with Crippen molar-refractivity contribution in [3.05, 3.63) is 53.8 Å². The molecule has 1 atom stereocenters. The number of anilines is 1. The molecule has 170 valence electrons. The normalized spacial score (nSPS) is 16.5. The largest absolute Gasteiger partial charge is 0.454 e. The first-order valence-electron chi connectivity index (χ1n) is 10.8. The monoisotopic (exact) mass is 442 g/mol. The number of rotatable bonds is 6. The molecule has 0 aliphatic carbocycles. The topological polar surface area (TPSA) is 83.1 Å². The Labute approximate surface area is 186 Å². The van der Waals surface area contributed by atoms with Gasteiger partial charge in [0.2, 0.25) is 6.79 Å². The van der Waals surface area contributed by atoms with E-state index in [1.807, 2.05) is 18.2 Å². The second-order valence-corrected chi connectivity index (χ2v) is 7.70. The number of carbonyl (C=O) groups excluding carboxylic acids is 2. The number of nitrogens with zero attached hydrogens (tertiary/aromatic N) is 2. The van der Waals surface area contributed by atoms with Gasteiger partial charge >= 0.3 is 11.8 Å². The second kappa shape index (κ2) is 9.86. The van der Waals surface area contributed by atoms with E-state index in [0.717, 1.165) is 37.4 Å². The first kappa shape index (κ1) is 21.9. The van der Waals surface area contributed by atoms with Crippen LogP contribution >= 0.6 is 0 Å². The van der Waals surface area contributed by atoms with E-state index >= 15 is 0 Å². The maximum Gasteiger partial charge on any atom is 0.309 e. The van der Waals surface area contributed by atoms with Crippen molar-refractivity contribution in [2.24, 2.45) is 0 Å². The van der Waals surface area contributed by atoms with Gasteiger partial charge in [0.05, 0.1) is 6.04 Å². The number of piperazine rings is 1. The molecule has 2 aliphatic heterocycles. The van der Waals surface area contributed by atoms with Gasteiger partial charge in [-0.05, 0) is 48.9 Å². The number of ether oxygens (including phenoxy) is 2. The highest BCUT2D eigenvalue weighted by Gasteiger charge is 2.28. The molecule has 0 bridgehead atoms. The van der Waals surface area contributed by atoms with Crippen LogP contribution in [0.5, 0.6) is 11.5 Å². The number of hydrogen-bond acceptors (Lipinski definition) is 6. The number of fused-ring (bicyclic) bond motifs is 1. The lowest BCUT2D eigenvalue weighted by atomic mass is 10.0. The molecule has 0 saturated carbocycles. The van der Waals surface area contributed by atoms with Gasteiger partial charge in [0.1, 0.15) is 5.82 Å². The molecule has 2 N–H and O–H groups in total. The summed E-state index contributed by atoms with van der Waals surface area (Å²) < 4.78 is 24.2. The molecule has 8 nitrogen and oxygen atoms in total. The van der Waals surface area contributed by atoms with E-state index in [1.54, 1.807) is 19.1 Å². The zero-order chi connectivity index (χ0) is 22.5. The molecule has 0 spiro atoms. The zero-order valence-electron chi connectivity index (χ0n) is 18.0. The van der Waals surface area contributed by atoms with Crippen LogP contribution in [0.4, 0.5) is 10.1 Å². The second-order valence-electron chi connectivity index (χ2n) is 7.70. The van der Waals surface area contributed by atoms with E-state index < -0.39 is 11.8 Å². The average molecular weight is 442 g/mol. The van der Waals surface area contributed by atoms with Gasteiger partial charge in [-0.1, -0.05) is 6.07 Å². The van der Waals surface area contributed by atoms with E-state index in [2.05, 4.69) is 20.4 Å². The lowest BCUT2D eigenvalue weighted by Gasteiger charge is -2.40. The van der Waals surface area contributed by atoms with Gasteiger partial charge in [-0.25, -0.2) is 4.39 Å². The number of nitrogens with one attached hydrogen (secondary N) is 2. The third kappa shape index (κ3) is 4.94. The highest BCUT2D eigenvalue weighted by molar-refractivity contribution is 6.35. The predicted molar refractivity (Wildman–Crippen MR) is 117 cm³/mol. The van der Waals surface area contributed by atoms with E-state index in [9.17, 15) is 14.0 Å².